The summed E-state index contributed by atoms with van der Waals surface area (Å²) in [6, 6.07) is 1.99. The van der Waals surface area contributed by atoms with E-state index in [-0.39, 0.29) is 0 Å². The number of β-amino-alcohol motifs (C(OH)–C–C–N with tert-alkyl or cyclic N) is 2. The van der Waals surface area contributed by atoms with Gasteiger partial charge in [-0.25, -0.2) is 4.98 Å². The summed E-state index contributed by atoms with van der Waals surface area (Å²) < 4.78 is 0. The molecule has 2 unspecified atom stereocenters. The van der Waals surface area contributed by atoms with Crippen molar-refractivity contribution in [3.63, 3.8) is 0 Å². The smallest absolute Gasteiger partial charge is 0.133 e. The van der Waals surface area contributed by atoms with Gasteiger partial charge in [-0.15, -0.1) is 0 Å². The molecule has 0 amide bonds. The Bertz CT molecular complexity index is 412. The fourth-order valence-electron chi connectivity index (χ4n) is 2.30. The van der Waals surface area contributed by atoms with Crippen molar-refractivity contribution in [3.8, 4) is 0 Å². The van der Waals surface area contributed by atoms with Crippen LogP contribution in [0, 0.1) is 13.8 Å². The van der Waals surface area contributed by atoms with E-state index in [0.717, 1.165) is 22.6 Å². The SMILES string of the molecule is Cc1cc(C)c(CN)c(N2CC(O)C(O)C2)n1. The zero-order valence-corrected chi connectivity index (χ0v) is 10.2. The van der Waals surface area contributed by atoms with Crippen molar-refractivity contribution in [1.82, 2.24) is 4.98 Å². The Balaban J connectivity index is 2.38. The van der Waals surface area contributed by atoms with Crippen LogP contribution in [0.3, 0.4) is 0 Å². The number of rotatable bonds is 2. The molecule has 4 N–H and O–H groups in total. The van der Waals surface area contributed by atoms with Crippen molar-refractivity contribution in [1.29, 1.82) is 0 Å². The number of aromatic nitrogens is 1. The van der Waals surface area contributed by atoms with Crippen LogP contribution >= 0.6 is 0 Å². The van der Waals surface area contributed by atoms with Crippen LogP contribution in [0.5, 0.6) is 0 Å². The predicted molar refractivity (Wildman–Crippen MR) is 65.8 cm³/mol. The number of aryl methyl sites for hydroxylation is 2. The van der Waals surface area contributed by atoms with E-state index < -0.39 is 12.2 Å². The van der Waals surface area contributed by atoms with Gasteiger partial charge in [0.1, 0.15) is 5.82 Å². The van der Waals surface area contributed by atoms with Gasteiger partial charge >= 0.3 is 0 Å². The molecule has 0 aliphatic carbocycles. The minimum absolute atomic E-state index is 0.407. The first-order valence-electron chi connectivity index (χ1n) is 5.81. The van der Waals surface area contributed by atoms with Crippen LogP contribution in [-0.2, 0) is 6.54 Å². The van der Waals surface area contributed by atoms with E-state index in [1.807, 2.05) is 24.8 Å². The van der Waals surface area contributed by atoms with E-state index >= 15 is 0 Å². The second kappa shape index (κ2) is 4.60. The quantitative estimate of drug-likeness (QED) is 0.658. The van der Waals surface area contributed by atoms with Crippen LogP contribution in [0.15, 0.2) is 6.07 Å². The van der Waals surface area contributed by atoms with Crippen LogP contribution in [-0.4, -0.2) is 40.5 Å². The minimum atomic E-state index is -0.705. The van der Waals surface area contributed by atoms with Gasteiger partial charge in [0.2, 0.25) is 0 Å². The highest BCUT2D eigenvalue weighted by Crippen LogP contribution is 2.25. The summed E-state index contributed by atoms with van der Waals surface area (Å²) in [5, 5.41) is 19.2. The molecule has 94 valence electrons. The molecule has 0 saturated carbocycles. The minimum Gasteiger partial charge on any atom is -0.389 e. The largest absolute Gasteiger partial charge is 0.389 e. The molecule has 2 heterocycles. The van der Waals surface area contributed by atoms with Gasteiger partial charge in [-0.3, -0.25) is 0 Å². The van der Waals surface area contributed by atoms with Crippen LogP contribution < -0.4 is 10.6 Å². The molecule has 5 nitrogen and oxygen atoms in total. The Hall–Kier alpha value is -1.17. The molecule has 1 aromatic rings. The molecule has 2 rings (SSSR count). The normalized spacial score (nSPS) is 24.4. The van der Waals surface area contributed by atoms with Crippen molar-refractivity contribution < 1.29 is 10.2 Å². The van der Waals surface area contributed by atoms with E-state index in [2.05, 4.69) is 4.98 Å². The zero-order chi connectivity index (χ0) is 12.6. The van der Waals surface area contributed by atoms with E-state index in [1.165, 1.54) is 0 Å². The van der Waals surface area contributed by atoms with Crippen molar-refractivity contribution in [2.75, 3.05) is 18.0 Å². The third kappa shape index (κ3) is 2.26. The van der Waals surface area contributed by atoms with Gasteiger partial charge < -0.3 is 20.8 Å². The third-order valence-corrected chi connectivity index (χ3v) is 3.22. The molecule has 1 fully saturated rings. The molecule has 5 heteroatoms. The van der Waals surface area contributed by atoms with Crippen molar-refractivity contribution >= 4 is 5.82 Å². The summed E-state index contributed by atoms with van der Waals surface area (Å²) in [7, 11) is 0. The maximum absolute atomic E-state index is 9.58. The molecule has 1 saturated heterocycles. The lowest BCUT2D eigenvalue weighted by atomic mass is 10.1. The lowest BCUT2D eigenvalue weighted by Gasteiger charge is -2.21. The zero-order valence-electron chi connectivity index (χ0n) is 10.2. The summed E-state index contributed by atoms with van der Waals surface area (Å²) >= 11 is 0. The van der Waals surface area contributed by atoms with Gasteiger partial charge in [-0.2, -0.15) is 0 Å². The lowest BCUT2D eigenvalue weighted by molar-refractivity contribution is 0.0572. The molecule has 0 aromatic carbocycles. The van der Waals surface area contributed by atoms with Crippen LogP contribution in [0.25, 0.3) is 0 Å². The molecule has 0 spiro atoms. The second-order valence-electron chi connectivity index (χ2n) is 4.63. The van der Waals surface area contributed by atoms with Gasteiger partial charge in [0, 0.05) is 30.9 Å². The Morgan fingerprint density at radius 3 is 2.47 bits per heavy atom. The number of aliphatic hydroxyl groups is 2. The number of pyridine rings is 1. The summed E-state index contributed by atoms with van der Waals surface area (Å²) in [6.45, 7) is 5.16. The van der Waals surface area contributed by atoms with E-state index in [1.54, 1.807) is 0 Å². The average Bonchev–Trinajstić information content (AvgIpc) is 2.58. The van der Waals surface area contributed by atoms with Crippen molar-refractivity contribution in [2.45, 2.75) is 32.6 Å². The van der Waals surface area contributed by atoms with Crippen molar-refractivity contribution in [2.24, 2.45) is 5.73 Å². The molecular formula is C12H19N3O2. The van der Waals surface area contributed by atoms with Gasteiger partial charge in [-0.05, 0) is 25.5 Å². The number of aliphatic hydroxyl groups excluding tert-OH is 2. The van der Waals surface area contributed by atoms with Gasteiger partial charge in [-0.1, -0.05) is 0 Å². The molecular weight excluding hydrogens is 218 g/mol. The number of hydrogen-bond acceptors (Lipinski definition) is 5. The van der Waals surface area contributed by atoms with Crippen LogP contribution in [0.2, 0.25) is 0 Å². The summed E-state index contributed by atoms with van der Waals surface area (Å²) in [6.07, 6.45) is -1.41. The summed E-state index contributed by atoms with van der Waals surface area (Å²) in [5.74, 6) is 0.792. The number of nitrogens with two attached hydrogens (primary N) is 1. The van der Waals surface area contributed by atoms with Crippen LogP contribution in [0.1, 0.15) is 16.8 Å². The highest BCUT2D eigenvalue weighted by Gasteiger charge is 2.31. The maximum Gasteiger partial charge on any atom is 0.133 e. The monoisotopic (exact) mass is 237 g/mol. The Labute approximate surface area is 101 Å². The van der Waals surface area contributed by atoms with Gasteiger partial charge in [0.25, 0.3) is 0 Å². The number of nitrogens with zero attached hydrogens (tertiary/aromatic N) is 2. The Morgan fingerprint density at radius 1 is 1.35 bits per heavy atom. The maximum atomic E-state index is 9.58. The predicted octanol–water partition coefficient (Wildman–Crippen LogP) is -0.301. The van der Waals surface area contributed by atoms with E-state index in [0.29, 0.717) is 19.6 Å². The number of anilines is 1. The first-order valence-corrected chi connectivity index (χ1v) is 5.81. The molecule has 1 aromatic heterocycles. The lowest BCUT2D eigenvalue weighted by Crippen LogP contribution is -2.25. The second-order valence-corrected chi connectivity index (χ2v) is 4.63. The fourth-order valence-corrected chi connectivity index (χ4v) is 2.30. The molecule has 2 atom stereocenters. The first-order chi connectivity index (χ1) is 8.02. The van der Waals surface area contributed by atoms with Crippen molar-refractivity contribution in [3.05, 3.63) is 22.9 Å². The summed E-state index contributed by atoms with van der Waals surface area (Å²) in [4.78, 5) is 6.38. The highest BCUT2D eigenvalue weighted by molar-refractivity contribution is 5.52. The van der Waals surface area contributed by atoms with E-state index in [4.69, 9.17) is 5.73 Å². The molecule has 1 aliphatic rings. The summed E-state index contributed by atoms with van der Waals surface area (Å²) in [5.41, 5.74) is 8.75. The standard InChI is InChI=1S/C12H19N3O2/c1-7-3-8(2)14-12(9(7)4-13)15-5-10(16)11(17)6-15/h3,10-11,16-17H,4-6,13H2,1-2H3. The van der Waals surface area contributed by atoms with Gasteiger partial charge in [0.15, 0.2) is 0 Å². The van der Waals surface area contributed by atoms with Crippen LogP contribution in [0.4, 0.5) is 5.82 Å². The fraction of sp³-hybridized carbons (Fsp3) is 0.583. The van der Waals surface area contributed by atoms with Gasteiger partial charge in [0.05, 0.1) is 12.2 Å². The molecule has 0 bridgehead atoms. The third-order valence-electron chi connectivity index (χ3n) is 3.22. The Morgan fingerprint density at radius 2 is 1.94 bits per heavy atom. The highest BCUT2D eigenvalue weighted by atomic mass is 16.3. The number of hydrogen-bond donors (Lipinski definition) is 3. The van der Waals surface area contributed by atoms with E-state index in [9.17, 15) is 10.2 Å². The topological polar surface area (TPSA) is 82.6 Å². The average molecular weight is 237 g/mol. The molecule has 1 aliphatic heterocycles. The molecule has 0 radical (unpaired) electrons. The molecule has 17 heavy (non-hydrogen) atoms. The first kappa shape index (κ1) is 12.3. The Kier molecular flexibility index (Phi) is 3.33.